The van der Waals surface area contributed by atoms with Crippen LogP contribution in [0.3, 0.4) is 0 Å². The van der Waals surface area contributed by atoms with Gasteiger partial charge in [0.2, 0.25) is 0 Å². The molecule has 0 radical (unpaired) electrons. The molecule has 15 heavy (non-hydrogen) atoms. The first kappa shape index (κ1) is 12.2. The van der Waals surface area contributed by atoms with Crippen molar-refractivity contribution in [2.24, 2.45) is 5.73 Å². The quantitative estimate of drug-likeness (QED) is 0.801. The summed E-state index contributed by atoms with van der Waals surface area (Å²) in [7, 11) is 0. The van der Waals surface area contributed by atoms with E-state index in [0.717, 1.165) is 13.1 Å². The predicted octanol–water partition coefficient (Wildman–Crippen LogP) is 2.42. The van der Waals surface area contributed by atoms with E-state index in [1.165, 1.54) is 5.56 Å². The molecular formula is C13H22N2. The summed E-state index contributed by atoms with van der Waals surface area (Å²) >= 11 is 0. The lowest BCUT2D eigenvalue weighted by molar-refractivity contribution is 0.195. The van der Waals surface area contributed by atoms with Crippen LogP contribution in [0.1, 0.15) is 32.4 Å². The Hall–Kier alpha value is -0.860. The molecule has 2 N–H and O–H groups in total. The maximum absolute atomic E-state index is 6.08. The molecule has 0 heterocycles. The summed E-state index contributed by atoms with van der Waals surface area (Å²) in [6.45, 7) is 8.52. The average molecular weight is 206 g/mol. The summed E-state index contributed by atoms with van der Waals surface area (Å²) in [5.41, 5.74) is 7.39. The summed E-state index contributed by atoms with van der Waals surface area (Å²) in [4.78, 5) is 2.40. The van der Waals surface area contributed by atoms with Crippen LogP contribution in [0.5, 0.6) is 0 Å². The third kappa shape index (κ3) is 3.05. The lowest BCUT2D eigenvalue weighted by atomic mass is 9.99. The molecule has 1 rings (SSSR count). The van der Waals surface area contributed by atoms with Gasteiger partial charge in [-0.1, -0.05) is 44.2 Å². The molecule has 0 aliphatic heterocycles. The van der Waals surface area contributed by atoms with Crippen molar-refractivity contribution in [2.75, 3.05) is 13.1 Å². The minimum atomic E-state index is 0.160. The van der Waals surface area contributed by atoms with Crippen LogP contribution in [0.25, 0.3) is 0 Å². The average Bonchev–Trinajstić information content (AvgIpc) is 2.26. The lowest BCUT2D eigenvalue weighted by Crippen LogP contribution is -2.39. The van der Waals surface area contributed by atoms with Crippen molar-refractivity contribution in [3.05, 3.63) is 35.9 Å². The van der Waals surface area contributed by atoms with Crippen LogP contribution in [0, 0.1) is 0 Å². The molecule has 0 aliphatic rings. The van der Waals surface area contributed by atoms with E-state index in [0.29, 0.717) is 6.04 Å². The fourth-order valence-corrected chi connectivity index (χ4v) is 2.11. The van der Waals surface area contributed by atoms with E-state index >= 15 is 0 Å². The summed E-state index contributed by atoms with van der Waals surface area (Å²) in [5, 5.41) is 0. The van der Waals surface area contributed by atoms with Gasteiger partial charge in [-0.15, -0.1) is 0 Å². The van der Waals surface area contributed by atoms with E-state index < -0.39 is 0 Å². The van der Waals surface area contributed by atoms with Gasteiger partial charge in [-0.05, 0) is 25.6 Å². The maximum Gasteiger partial charge on any atom is 0.0496 e. The Labute approximate surface area is 93.1 Å². The molecule has 0 aliphatic carbocycles. The van der Waals surface area contributed by atoms with Crippen LogP contribution in [0.15, 0.2) is 30.3 Å². The molecule has 0 amide bonds. The zero-order valence-corrected chi connectivity index (χ0v) is 9.98. The fourth-order valence-electron chi connectivity index (χ4n) is 2.11. The predicted molar refractivity (Wildman–Crippen MR) is 65.8 cm³/mol. The van der Waals surface area contributed by atoms with E-state index in [2.05, 4.69) is 49.9 Å². The Morgan fingerprint density at radius 3 is 2.07 bits per heavy atom. The van der Waals surface area contributed by atoms with Gasteiger partial charge in [0.15, 0.2) is 0 Å². The molecule has 2 heteroatoms. The molecule has 0 aromatic heterocycles. The number of nitrogens with two attached hydrogens (primary N) is 1. The van der Waals surface area contributed by atoms with Crippen molar-refractivity contribution in [2.45, 2.75) is 32.9 Å². The minimum absolute atomic E-state index is 0.160. The van der Waals surface area contributed by atoms with Crippen LogP contribution in [0.4, 0.5) is 0 Å². The first-order valence-electron chi connectivity index (χ1n) is 5.75. The SMILES string of the molecule is CCN(CC)C(c1ccccc1)C(C)N. The zero-order chi connectivity index (χ0) is 11.3. The van der Waals surface area contributed by atoms with Crippen molar-refractivity contribution < 1.29 is 0 Å². The topological polar surface area (TPSA) is 29.3 Å². The number of hydrogen-bond donors (Lipinski definition) is 1. The smallest absolute Gasteiger partial charge is 0.0496 e. The number of rotatable bonds is 5. The zero-order valence-electron chi connectivity index (χ0n) is 9.98. The molecular weight excluding hydrogens is 184 g/mol. The Morgan fingerprint density at radius 1 is 1.13 bits per heavy atom. The normalized spacial score (nSPS) is 15.3. The summed E-state index contributed by atoms with van der Waals surface area (Å²) < 4.78 is 0. The monoisotopic (exact) mass is 206 g/mol. The maximum atomic E-state index is 6.08. The van der Waals surface area contributed by atoms with Gasteiger partial charge in [-0.25, -0.2) is 0 Å². The van der Waals surface area contributed by atoms with Crippen LogP contribution in [0.2, 0.25) is 0 Å². The van der Waals surface area contributed by atoms with Gasteiger partial charge in [0.1, 0.15) is 0 Å². The highest BCUT2D eigenvalue weighted by Gasteiger charge is 2.21. The molecule has 1 aromatic carbocycles. The van der Waals surface area contributed by atoms with Gasteiger partial charge in [-0.2, -0.15) is 0 Å². The lowest BCUT2D eigenvalue weighted by Gasteiger charge is -2.32. The van der Waals surface area contributed by atoms with Gasteiger partial charge in [0, 0.05) is 12.1 Å². The fraction of sp³-hybridized carbons (Fsp3) is 0.538. The van der Waals surface area contributed by atoms with Gasteiger partial charge >= 0.3 is 0 Å². The molecule has 84 valence electrons. The second-order valence-electron chi connectivity index (χ2n) is 3.94. The molecule has 0 bridgehead atoms. The van der Waals surface area contributed by atoms with Crippen molar-refractivity contribution in [3.63, 3.8) is 0 Å². The number of likely N-dealkylation sites (N-methyl/N-ethyl adjacent to an activating group) is 1. The molecule has 0 spiro atoms. The molecule has 2 atom stereocenters. The summed E-state index contributed by atoms with van der Waals surface area (Å²) in [6.07, 6.45) is 0. The molecule has 0 saturated heterocycles. The Bertz CT molecular complexity index is 265. The molecule has 0 saturated carbocycles. The van der Waals surface area contributed by atoms with E-state index in [9.17, 15) is 0 Å². The van der Waals surface area contributed by atoms with Crippen LogP contribution >= 0.6 is 0 Å². The molecule has 1 aromatic rings. The van der Waals surface area contributed by atoms with E-state index in [1.807, 2.05) is 6.07 Å². The number of benzene rings is 1. The van der Waals surface area contributed by atoms with Crippen LogP contribution < -0.4 is 5.73 Å². The highest BCUT2D eigenvalue weighted by Crippen LogP contribution is 2.22. The van der Waals surface area contributed by atoms with Crippen molar-refractivity contribution in [1.82, 2.24) is 4.90 Å². The Balaban J connectivity index is 2.92. The van der Waals surface area contributed by atoms with Gasteiger partial charge < -0.3 is 5.73 Å². The standard InChI is InChI=1S/C13H22N2/c1-4-15(5-2)13(11(3)14)12-9-7-6-8-10-12/h6-11,13H,4-5,14H2,1-3H3. The van der Waals surface area contributed by atoms with E-state index in [1.54, 1.807) is 0 Å². The first-order valence-corrected chi connectivity index (χ1v) is 5.75. The van der Waals surface area contributed by atoms with Gasteiger partial charge in [0.25, 0.3) is 0 Å². The highest BCUT2D eigenvalue weighted by atomic mass is 15.2. The van der Waals surface area contributed by atoms with E-state index in [-0.39, 0.29) is 6.04 Å². The Morgan fingerprint density at radius 2 is 1.67 bits per heavy atom. The minimum Gasteiger partial charge on any atom is -0.326 e. The highest BCUT2D eigenvalue weighted by molar-refractivity contribution is 5.20. The number of nitrogens with zero attached hydrogens (tertiary/aromatic N) is 1. The van der Waals surface area contributed by atoms with Gasteiger partial charge in [0.05, 0.1) is 0 Å². The third-order valence-corrected chi connectivity index (χ3v) is 2.84. The van der Waals surface area contributed by atoms with E-state index in [4.69, 9.17) is 5.73 Å². The number of hydrogen-bond acceptors (Lipinski definition) is 2. The van der Waals surface area contributed by atoms with Crippen molar-refractivity contribution in [1.29, 1.82) is 0 Å². The van der Waals surface area contributed by atoms with Crippen LogP contribution in [-0.2, 0) is 0 Å². The largest absolute Gasteiger partial charge is 0.326 e. The second kappa shape index (κ2) is 5.89. The molecule has 2 unspecified atom stereocenters. The summed E-state index contributed by atoms with van der Waals surface area (Å²) in [5.74, 6) is 0. The first-order chi connectivity index (χ1) is 7.20. The van der Waals surface area contributed by atoms with Crippen molar-refractivity contribution in [3.8, 4) is 0 Å². The second-order valence-corrected chi connectivity index (χ2v) is 3.94. The molecule has 0 fully saturated rings. The third-order valence-electron chi connectivity index (χ3n) is 2.84. The Kier molecular flexibility index (Phi) is 4.79. The van der Waals surface area contributed by atoms with Crippen molar-refractivity contribution >= 4 is 0 Å². The van der Waals surface area contributed by atoms with Crippen LogP contribution in [-0.4, -0.2) is 24.0 Å². The van der Waals surface area contributed by atoms with Gasteiger partial charge in [-0.3, -0.25) is 4.90 Å². The summed E-state index contributed by atoms with van der Waals surface area (Å²) in [6, 6.07) is 11.0. The molecule has 2 nitrogen and oxygen atoms in total.